The first-order valence-corrected chi connectivity index (χ1v) is 9.26. The summed E-state index contributed by atoms with van der Waals surface area (Å²) in [6, 6.07) is 11.6. The molecular formula is C23H32O2. The Kier molecular flexibility index (Phi) is 5.51. The van der Waals surface area contributed by atoms with E-state index >= 15 is 0 Å². The van der Waals surface area contributed by atoms with Crippen molar-refractivity contribution in [3.05, 3.63) is 58.7 Å². The van der Waals surface area contributed by atoms with Crippen molar-refractivity contribution in [1.82, 2.24) is 0 Å². The minimum Gasteiger partial charge on any atom is -0.508 e. The van der Waals surface area contributed by atoms with Gasteiger partial charge in [-0.1, -0.05) is 65.8 Å². The van der Waals surface area contributed by atoms with Crippen LogP contribution in [0.5, 0.6) is 11.5 Å². The summed E-state index contributed by atoms with van der Waals surface area (Å²) in [5, 5.41) is 21.0. The van der Waals surface area contributed by atoms with E-state index in [1.807, 2.05) is 12.1 Å². The van der Waals surface area contributed by atoms with Crippen molar-refractivity contribution in [1.29, 1.82) is 0 Å². The summed E-state index contributed by atoms with van der Waals surface area (Å²) in [5.74, 6) is 0.724. The first kappa shape index (κ1) is 19.4. The summed E-state index contributed by atoms with van der Waals surface area (Å²) in [7, 11) is 0. The molecule has 2 aromatic carbocycles. The smallest absolute Gasteiger partial charge is 0.119 e. The van der Waals surface area contributed by atoms with Crippen molar-refractivity contribution in [2.45, 2.75) is 71.6 Å². The summed E-state index contributed by atoms with van der Waals surface area (Å²) in [6.07, 6.45) is 2.61. The molecule has 0 fully saturated rings. The lowest BCUT2D eigenvalue weighted by Gasteiger charge is -2.30. The molecule has 0 aliphatic heterocycles. The van der Waals surface area contributed by atoms with Crippen LogP contribution in [0.15, 0.2) is 36.4 Å². The molecule has 0 spiro atoms. The molecule has 0 atom stereocenters. The van der Waals surface area contributed by atoms with E-state index in [-0.39, 0.29) is 10.8 Å². The lowest BCUT2D eigenvalue weighted by Crippen LogP contribution is -2.21. The molecule has 2 heteroatoms. The van der Waals surface area contributed by atoms with Gasteiger partial charge in [-0.3, -0.25) is 0 Å². The Morgan fingerprint density at radius 1 is 0.680 bits per heavy atom. The van der Waals surface area contributed by atoms with Crippen molar-refractivity contribution in [3.63, 3.8) is 0 Å². The molecule has 0 aliphatic carbocycles. The highest BCUT2D eigenvalue weighted by Crippen LogP contribution is 2.40. The molecule has 0 aliphatic rings. The van der Waals surface area contributed by atoms with Gasteiger partial charge in [-0.2, -0.15) is 0 Å². The number of aromatic hydroxyl groups is 2. The van der Waals surface area contributed by atoms with Crippen LogP contribution in [0.3, 0.4) is 0 Å². The molecule has 0 bridgehead atoms. The normalized spacial score (nSPS) is 12.4. The zero-order valence-corrected chi connectivity index (χ0v) is 16.5. The van der Waals surface area contributed by atoms with Crippen LogP contribution in [-0.4, -0.2) is 10.2 Å². The molecule has 2 N–H and O–H groups in total. The average Bonchev–Trinajstić information content (AvgIpc) is 2.54. The second-order valence-corrected chi connectivity index (χ2v) is 8.27. The van der Waals surface area contributed by atoms with Crippen LogP contribution in [0, 0.1) is 0 Å². The van der Waals surface area contributed by atoms with E-state index in [9.17, 15) is 10.2 Å². The highest BCUT2D eigenvalue weighted by molar-refractivity contribution is 5.50. The molecule has 2 aromatic rings. The van der Waals surface area contributed by atoms with Crippen molar-refractivity contribution >= 4 is 0 Å². The second kappa shape index (κ2) is 7.11. The maximum Gasteiger partial charge on any atom is 0.119 e. The van der Waals surface area contributed by atoms with Gasteiger partial charge in [0.1, 0.15) is 11.5 Å². The molecule has 0 unspecified atom stereocenters. The Morgan fingerprint density at radius 3 is 1.36 bits per heavy atom. The van der Waals surface area contributed by atoms with Gasteiger partial charge in [0.15, 0.2) is 0 Å². The quantitative estimate of drug-likeness (QED) is 0.670. The first-order chi connectivity index (χ1) is 11.6. The maximum atomic E-state index is 10.5. The average molecular weight is 341 g/mol. The van der Waals surface area contributed by atoms with Crippen LogP contribution in [-0.2, 0) is 17.3 Å². The fraction of sp³-hybridized carbons (Fsp3) is 0.478. The zero-order valence-electron chi connectivity index (χ0n) is 16.5. The molecule has 0 saturated heterocycles. The van der Waals surface area contributed by atoms with E-state index < -0.39 is 0 Å². The number of hydrogen-bond donors (Lipinski definition) is 2. The van der Waals surface area contributed by atoms with E-state index in [0.29, 0.717) is 17.9 Å². The Bertz CT molecular complexity index is 678. The molecule has 2 rings (SSSR count). The number of benzene rings is 2. The molecule has 2 nitrogen and oxygen atoms in total. The monoisotopic (exact) mass is 340 g/mol. The SMILES string of the molecule is CCC(C)(C)c1c(O)cccc1Cc1cccc(O)c1C(C)(C)CC. The molecule has 25 heavy (non-hydrogen) atoms. The van der Waals surface area contributed by atoms with Gasteiger partial charge >= 0.3 is 0 Å². The Hall–Kier alpha value is -1.96. The zero-order chi connectivity index (χ0) is 18.8. The van der Waals surface area contributed by atoms with Gasteiger partial charge in [-0.25, -0.2) is 0 Å². The molecule has 0 heterocycles. The van der Waals surface area contributed by atoms with Crippen molar-refractivity contribution in [2.75, 3.05) is 0 Å². The summed E-state index contributed by atoms with van der Waals surface area (Å²) < 4.78 is 0. The first-order valence-electron chi connectivity index (χ1n) is 9.26. The molecule has 0 saturated carbocycles. The highest BCUT2D eigenvalue weighted by Gasteiger charge is 2.28. The van der Waals surface area contributed by atoms with Crippen LogP contribution < -0.4 is 0 Å². The van der Waals surface area contributed by atoms with Crippen LogP contribution >= 0.6 is 0 Å². The maximum absolute atomic E-state index is 10.5. The molecule has 0 aromatic heterocycles. The third kappa shape index (κ3) is 3.84. The summed E-state index contributed by atoms with van der Waals surface area (Å²) >= 11 is 0. The topological polar surface area (TPSA) is 40.5 Å². The van der Waals surface area contributed by atoms with Crippen LogP contribution in [0.4, 0.5) is 0 Å². The number of hydrogen-bond acceptors (Lipinski definition) is 2. The van der Waals surface area contributed by atoms with Crippen LogP contribution in [0.25, 0.3) is 0 Å². The van der Waals surface area contributed by atoms with E-state index in [2.05, 4.69) is 53.7 Å². The minimum atomic E-state index is -0.0993. The van der Waals surface area contributed by atoms with Crippen molar-refractivity contribution in [3.8, 4) is 11.5 Å². The van der Waals surface area contributed by atoms with E-state index in [1.165, 1.54) is 0 Å². The number of rotatable bonds is 6. The van der Waals surface area contributed by atoms with Crippen molar-refractivity contribution in [2.24, 2.45) is 0 Å². The molecule has 0 radical (unpaired) electrons. The standard InChI is InChI=1S/C23H32O2/c1-7-22(3,4)20-16(11-9-13-18(20)24)15-17-12-10-14-19(25)21(17)23(5,6)8-2/h9-14,24-25H,7-8,15H2,1-6H3. The predicted molar refractivity (Wildman–Crippen MR) is 106 cm³/mol. The summed E-state index contributed by atoms with van der Waals surface area (Å²) in [5.41, 5.74) is 4.09. The van der Waals surface area contributed by atoms with Crippen LogP contribution in [0.1, 0.15) is 76.6 Å². The number of phenols is 2. The van der Waals surface area contributed by atoms with Gasteiger partial charge < -0.3 is 10.2 Å². The third-order valence-corrected chi connectivity index (χ3v) is 5.76. The fourth-order valence-electron chi connectivity index (χ4n) is 3.59. The largest absolute Gasteiger partial charge is 0.508 e. The lowest BCUT2D eigenvalue weighted by atomic mass is 9.75. The van der Waals surface area contributed by atoms with Gasteiger partial charge in [-0.05, 0) is 53.4 Å². The van der Waals surface area contributed by atoms with E-state index in [1.54, 1.807) is 12.1 Å². The van der Waals surface area contributed by atoms with Gasteiger partial charge in [0.25, 0.3) is 0 Å². The highest BCUT2D eigenvalue weighted by atomic mass is 16.3. The molecule has 0 amide bonds. The van der Waals surface area contributed by atoms with Crippen LogP contribution in [0.2, 0.25) is 0 Å². The predicted octanol–water partition coefficient (Wildman–Crippen LogP) is 6.06. The van der Waals surface area contributed by atoms with E-state index in [0.717, 1.165) is 35.1 Å². The van der Waals surface area contributed by atoms with Gasteiger partial charge in [-0.15, -0.1) is 0 Å². The second-order valence-electron chi connectivity index (χ2n) is 8.27. The summed E-state index contributed by atoms with van der Waals surface area (Å²) in [4.78, 5) is 0. The lowest BCUT2D eigenvalue weighted by molar-refractivity contribution is 0.423. The minimum absolute atomic E-state index is 0.0993. The number of phenolic OH excluding ortho intramolecular Hbond substituents is 2. The van der Waals surface area contributed by atoms with Gasteiger partial charge in [0, 0.05) is 11.1 Å². The Morgan fingerprint density at radius 2 is 1.04 bits per heavy atom. The Labute approximate surface area is 152 Å². The Balaban J connectivity index is 2.60. The molecule has 136 valence electrons. The van der Waals surface area contributed by atoms with Crippen molar-refractivity contribution < 1.29 is 10.2 Å². The van der Waals surface area contributed by atoms with Gasteiger partial charge in [0.2, 0.25) is 0 Å². The summed E-state index contributed by atoms with van der Waals surface area (Å²) in [6.45, 7) is 13.0. The van der Waals surface area contributed by atoms with Gasteiger partial charge in [0.05, 0.1) is 0 Å². The molecular weight excluding hydrogens is 308 g/mol. The third-order valence-electron chi connectivity index (χ3n) is 5.76. The fourth-order valence-corrected chi connectivity index (χ4v) is 3.59. The van der Waals surface area contributed by atoms with E-state index in [4.69, 9.17) is 0 Å².